The molecule has 0 N–H and O–H groups in total. The Labute approximate surface area is 223 Å². The first-order valence-electron chi connectivity index (χ1n) is 12.0. The second-order valence-electron chi connectivity index (χ2n) is 10.5. The Morgan fingerprint density at radius 2 is 1.83 bits per heavy atom. The number of piperidine rings is 1. The molecule has 0 bridgehead atoms. The monoisotopic (exact) mass is 545 g/mol. The number of aromatic nitrogens is 3. The van der Waals surface area contributed by atoms with Gasteiger partial charge in [0.15, 0.2) is 0 Å². The fourth-order valence-electron chi connectivity index (χ4n) is 5.06. The van der Waals surface area contributed by atoms with Gasteiger partial charge in [0, 0.05) is 37.3 Å². The van der Waals surface area contributed by atoms with Crippen molar-refractivity contribution in [3.05, 3.63) is 74.5 Å². The molecule has 1 spiro atoms. The van der Waals surface area contributed by atoms with Gasteiger partial charge in [-0.1, -0.05) is 29.3 Å². The van der Waals surface area contributed by atoms with Crippen molar-refractivity contribution in [3.8, 4) is 5.69 Å². The van der Waals surface area contributed by atoms with Gasteiger partial charge in [-0.25, -0.2) is 9.19 Å². The van der Waals surface area contributed by atoms with Gasteiger partial charge in [0.25, 0.3) is 5.56 Å². The van der Waals surface area contributed by atoms with E-state index in [1.54, 1.807) is 31.2 Å². The van der Waals surface area contributed by atoms with E-state index in [1.807, 2.05) is 26.8 Å². The van der Waals surface area contributed by atoms with Crippen LogP contribution in [0.25, 0.3) is 5.69 Å². The van der Waals surface area contributed by atoms with Crippen LogP contribution in [0.4, 0.5) is 5.82 Å². The predicted molar refractivity (Wildman–Crippen MR) is 147 cm³/mol. The summed E-state index contributed by atoms with van der Waals surface area (Å²) in [6, 6.07) is 10.8. The van der Waals surface area contributed by atoms with Gasteiger partial charge in [-0.2, -0.15) is 4.40 Å². The molecule has 1 atom stereocenters. The predicted octanol–water partition coefficient (Wildman–Crippen LogP) is 5.20. The fraction of sp³-hybridized carbons (Fsp3) is 0.423. The Kier molecular flexibility index (Phi) is 6.42. The van der Waals surface area contributed by atoms with Crippen LogP contribution in [0.15, 0.2) is 51.8 Å². The van der Waals surface area contributed by atoms with Gasteiger partial charge in [0.1, 0.15) is 22.6 Å². The number of fused-ring (bicyclic) bond motifs is 1. The van der Waals surface area contributed by atoms with Gasteiger partial charge in [-0.15, -0.1) is 0 Å². The number of benzene rings is 1. The lowest BCUT2D eigenvalue weighted by Crippen LogP contribution is -2.45. The third kappa shape index (κ3) is 4.33. The van der Waals surface area contributed by atoms with E-state index in [-0.39, 0.29) is 11.0 Å². The van der Waals surface area contributed by atoms with Gasteiger partial charge in [-0.3, -0.25) is 9.36 Å². The van der Waals surface area contributed by atoms with Crippen LogP contribution in [0.5, 0.6) is 0 Å². The largest absolute Gasteiger partial charge is 0.356 e. The third-order valence-corrected chi connectivity index (χ3v) is 9.24. The molecule has 2 aliphatic rings. The highest BCUT2D eigenvalue weighted by atomic mass is 35.5. The number of rotatable bonds is 3. The lowest BCUT2D eigenvalue weighted by atomic mass is 9.75. The molecule has 10 heteroatoms. The molecular formula is C26H29Cl2N5O2S. The number of hydrogen-bond donors (Lipinski definition) is 0. The first kappa shape index (κ1) is 25.2. The normalized spacial score (nSPS) is 19.2. The molecule has 4 heterocycles. The van der Waals surface area contributed by atoms with Crippen LogP contribution in [0, 0.1) is 12.3 Å². The number of hydrogen-bond acceptors (Lipinski definition) is 4. The van der Waals surface area contributed by atoms with Crippen LogP contribution in [0.3, 0.4) is 0 Å². The topological polar surface area (TPSA) is 72.5 Å². The Balaban J connectivity index is 1.42. The zero-order valence-corrected chi connectivity index (χ0v) is 23.1. The van der Waals surface area contributed by atoms with Crippen molar-refractivity contribution >= 4 is 45.7 Å². The standard InChI is InChI=1S/C26H29Cl2N5O2S/c1-17-29-21(15-22(34)33(17)19-8-5-7-18(27)23(19)28)31-13-10-26(11-14-31)16-32-12-6-9-20(32)24(26)30-36(35)25(2,3)4/h5-9,12,15H,10-11,13-14,16H2,1-4H3/t36-/m1/s1. The first-order valence-corrected chi connectivity index (χ1v) is 13.8. The SMILES string of the molecule is Cc1nc(N2CCC3(CC2)Cn2cccc2C3=N[S@](=O)C(C)(C)C)cc(=O)n1-c1cccc(Cl)c1Cl. The van der Waals surface area contributed by atoms with Crippen LogP contribution >= 0.6 is 23.2 Å². The molecular weight excluding hydrogens is 517 g/mol. The van der Waals surface area contributed by atoms with E-state index in [4.69, 9.17) is 32.6 Å². The van der Waals surface area contributed by atoms with Crippen molar-refractivity contribution in [1.29, 1.82) is 0 Å². The first-order chi connectivity index (χ1) is 17.0. The lowest BCUT2D eigenvalue weighted by molar-refractivity contribution is 0.298. The third-order valence-electron chi connectivity index (χ3n) is 7.04. The smallest absolute Gasteiger partial charge is 0.260 e. The van der Waals surface area contributed by atoms with E-state index in [9.17, 15) is 9.00 Å². The van der Waals surface area contributed by atoms with Gasteiger partial charge in [0.2, 0.25) is 0 Å². The summed E-state index contributed by atoms with van der Waals surface area (Å²) in [4.78, 5) is 20.0. The molecule has 0 saturated carbocycles. The van der Waals surface area contributed by atoms with Crippen molar-refractivity contribution in [1.82, 2.24) is 14.1 Å². The minimum atomic E-state index is -1.34. The summed E-state index contributed by atoms with van der Waals surface area (Å²) in [6.07, 6.45) is 3.73. The number of aryl methyl sites for hydroxylation is 1. The van der Waals surface area contributed by atoms with E-state index < -0.39 is 15.7 Å². The zero-order chi connectivity index (χ0) is 25.8. The quantitative estimate of drug-likeness (QED) is 0.453. The molecule has 1 saturated heterocycles. The molecule has 5 rings (SSSR count). The van der Waals surface area contributed by atoms with Crippen molar-refractivity contribution in [2.24, 2.45) is 9.81 Å². The Bertz CT molecular complexity index is 1450. The molecule has 3 aromatic rings. The fourth-order valence-corrected chi connectivity index (χ4v) is 6.17. The maximum atomic E-state index is 13.1. The highest BCUT2D eigenvalue weighted by Gasteiger charge is 2.46. The molecule has 1 fully saturated rings. The molecule has 36 heavy (non-hydrogen) atoms. The van der Waals surface area contributed by atoms with E-state index in [0.717, 1.165) is 43.9 Å². The second-order valence-corrected chi connectivity index (χ2v) is 13.2. The lowest BCUT2D eigenvalue weighted by Gasteiger charge is -2.40. The summed E-state index contributed by atoms with van der Waals surface area (Å²) >= 11 is 12.5. The van der Waals surface area contributed by atoms with Crippen LogP contribution < -0.4 is 10.5 Å². The highest BCUT2D eigenvalue weighted by molar-refractivity contribution is 7.85. The van der Waals surface area contributed by atoms with Gasteiger partial charge >= 0.3 is 0 Å². The van der Waals surface area contributed by atoms with Crippen LogP contribution in [-0.2, 0) is 17.5 Å². The van der Waals surface area contributed by atoms with E-state index in [1.165, 1.54) is 4.57 Å². The van der Waals surface area contributed by atoms with E-state index in [2.05, 4.69) is 21.7 Å². The van der Waals surface area contributed by atoms with Crippen LogP contribution in [0.2, 0.25) is 10.0 Å². The summed E-state index contributed by atoms with van der Waals surface area (Å²) in [7, 11) is -1.34. The number of halogens is 2. The Morgan fingerprint density at radius 3 is 2.50 bits per heavy atom. The summed E-state index contributed by atoms with van der Waals surface area (Å²) in [5.41, 5.74) is 2.13. The Hall–Kier alpha value is -2.42. The van der Waals surface area contributed by atoms with Gasteiger partial charge < -0.3 is 9.47 Å². The molecule has 2 aromatic heterocycles. The number of nitrogens with zero attached hydrogens (tertiary/aromatic N) is 5. The minimum absolute atomic E-state index is 0.174. The maximum Gasteiger partial charge on any atom is 0.260 e. The van der Waals surface area contributed by atoms with Crippen LogP contribution in [0.1, 0.15) is 45.1 Å². The maximum absolute atomic E-state index is 13.1. The van der Waals surface area contributed by atoms with Gasteiger partial charge in [0.05, 0.1) is 31.9 Å². The molecule has 7 nitrogen and oxygen atoms in total. The summed E-state index contributed by atoms with van der Waals surface area (Å²) in [6.45, 7) is 9.91. The van der Waals surface area contributed by atoms with E-state index >= 15 is 0 Å². The average Bonchev–Trinajstić information content (AvgIpc) is 3.36. The summed E-state index contributed by atoms with van der Waals surface area (Å²) < 4.78 is 21.0. The molecule has 0 radical (unpaired) electrons. The second kappa shape index (κ2) is 9.15. The average molecular weight is 547 g/mol. The molecule has 0 aliphatic carbocycles. The van der Waals surface area contributed by atoms with Crippen LogP contribution in [-0.4, -0.2) is 41.9 Å². The minimum Gasteiger partial charge on any atom is -0.356 e. The molecule has 190 valence electrons. The van der Waals surface area contributed by atoms with E-state index in [0.29, 0.717) is 27.4 Å². The molecule has 0 unspecified atom stereocenters. The summed E-state index contributed by atoms with van der Waals surface area (Å²) in [5.74, 6) is 1.19. The zero-order valence-electron chi connectivity index (χ0n) is 20.8. The van der Waals surface area contributed by atoms with Crippen molar-refractivity contribution < 1.29 is 4.21 Å². The molecule has 2 aliphatic heterocycles. The van der Waals surface area contributed by atoms with Crippen molar-refractivity contribution in [2.45, 2.75) is 51.8 Å². The molecule has 0 amide bonds. The number of anilines is 1. The molecule has 1 aromatic carbocycles. The van der Waals surface area contributed by atoms with Crippen molar-refractivity contribution in [2.75, 3.05) is 18.0 Å². The highest BCUT2D eigenvalue weighted by Crippen LogP contribution is 2.43. The Morgan fingerprint density at radius 1 is 1.11 bits per heavy atom. The summed E-state index contributed by atoms with van der Waals surface area (Å²) in [5, 5.41) is 0.709. The van der Waals surface area contributed by atoms with Crippen molar-refractivity contribution in [3.63, 3.8) is 0 Å². The van der Waals surface area contributed by atoms with Gasteiger partial charge in [-0.05, 0) is 64.8 Å².